The van der Waals surface area contributed by atoms with Crippen molar-refractivity contribution in [2.75, 3.05) is 0 Å². The van der Waals surface area contributed by atoms with Crippen LogP contribution < -0.4 is 0 Å². The lowest BCUT2D eigenvalue weighted by atomic mass is 10.0. The number of alkyl halides is 1. The number of hydrogen-bond acceptors (Lipinski definition) is 1. The summed E-state index contributed by atoms with van der Waals surface area (Å²) in [6.45, 7) is 11.1. The van der Waals surface area contributed by atoms with E-state index in [0.717, 1.165) is 29.4 Å². The molecule has 0 unspecified atom stereocenters. The van der Waals surface area contributed by atoms with Crippen LogP contribution in [0.25, 0.3) is 10.9 Å². The highest BCUT2D eigenvalue weighted by atomic mass is 19.1. The number of ketones is 1. The first-order chi connectivity index (χ1) is 11.2. The molecule has 0 amide bonds. The largest absolute Gasteiger partial charge is 0.347 e. The second kappa shape index (κ2) is 5.72. The van der Waals surface area contributed by atoms with Crippen molar-refractivity contribution in [2.45, 2.75) is 60.2 Å². The number of fused-ring (bicyclic) bond motifs is 1. The van der Waals surface area contributed by atoms with Crippen LogP contribution in [0, 0.1) is 16.7 Å². The fourth-order valence-corrected chi connectivity index (χ4v) is 4.18. The van der Waals surface area contributed by atoms with Crippen LogP contribution in [0.2, 0.25) is 0 Å². The molecule has 0 radical (unpaired) electrons. The fraction of sp³-hybridized carbons (Fsp3) is 0.571. The molecule has 24 heavy (non-hydrogen) atoms. The zero-order valence-corrected chi connectivity index (χ0v) is 15.4. The highest BCUT2D eigenvalue weighted by Crippen LogP contribution is 2.69. The normalized spacial score (nSPS) is 20.2. The molecule has 0 N–H and O–H groups in total. The number of halogens is 1. The Morgan fingerprint density at radius 3 is 2.42 bits per heavy atom. The lowest BCUT2D eigenvalue weighted by Crippen LogP contribution is -2.07. The van der Waals surface area contributed by atoms with E-state index in [1.165, 1.54) is 0 Å². The Kier molecular flexibility index (Phi) is 4.09. The molecule has 2 aromatic rings. The zero-order valence-electron chi connectivity index (χ0n) is 15.4. The Balaban J connectivity index is 1.93. The summed E-state index contributed by atoms with van der Waals surface area (Å²) >= 11 is 0. The quantitative estimate of drug-likeness (QED) is 0.628. The van der Waals surface area contributed by atoms with E-state index in [1.54, 1.807) is 6.92 Å². The number of nitrogens with zero attached hydrogens (tertiary/aromatic N) is 1. The number of aryl methyl sites for hydroxylation is 1. The molecule has 1 heterocycles. The lowest BCUT2D eigenvalue weighted by Gasteiger charge is -2.05. The molecule has 0 bridgehead atoms. The Morgan fingerprint density at radius 1 is 1.21 bits per heavy atom. The van der Waals surface area contributed by atoms with Crippen LogP contribution in [0.4, 0.5) is 4.39 Å². The fourth-order valence-electron chi connectivity index (χ4n) is 4.18. The number of carbonyl (C=O) groups excluding carboxylic acids is 1. The second-order valence-electron chi connectivity index (χ2n) is 8.42. The number of carbonyl (C=O) groups is 1. The smallest absolute Gasteiger partial charge is 0.169 e. The first-order valence-electron chi connectivity index (χ1n) is 8.94. The molecule has 1 aromatic carbocycles. The van der Waals surface area contributed by atoms with E-state index < -0.39 is 6.17 Å². The summed E-state index contributed by atoms with van der Waals surface area (Å²) in [5, 5.41) is 1.02. The molecule has 2 nitrogen and oxygen atoms in total. The van der Waals surface area contributed by atoms with Crippen LogP contribution in [0.1, 0.15) is 57.8 Å². The van der Waals surface area contributed by atoms with Gasteiger partial charge in [-0.3, -0.25) is 4.79 Å². The van der Waals surface area contributed by atoms with Gasteiger partial charge >= 0.3 is 0 Å². The van der Waals surface area contributed by atoms with Gasteiger partial charge in [-0.2, -0.15) is 0 Å². The lowest BCUT2D eigenvalue weighted by molar-refractivity contribution is 0.0946. The molecular weight excluding hydrogens is 301 g/mol. The molecule has 1 fully saturated rings. The Hall–Kier alpha value is -1.64. The van der Waals surface area contributed by atoms with Crippen LogP contribution in [-0.2, 0) is 6.54 Å². The first-order valence-corrected chi connectivity index (χ1v) is 8.94. The van der Waals surface area contributed by atoms with E-state index in [0.29, 0.717) is 6.42 Å². The van der Waals surface area contributed by atoms with E-state index >= 15 is 0 Å². The zero-order chi connectivity index (χ0) is 17.7. The maximum Gasteiger partial charge on any atom is 0.169 e. The topological polar surface area (TPSA) is 22.0 Å². The molecular formula is C21H28FNO. The summed E-state index contributed by atoms with van der Waals surface area (Å²) in [5.74, 6) is 0.314. The Bertz CT molecular complexity index is 755. The number of benzene rings is 1. The molecule has 1 saturated carbocycles. The van der Waals surface area contributed by atoms with E-state index in [4.69, 9.17) is 0 Å². The summed E-state index contributed by atoms with van der Waals surface area (Å²) < 4.78 is 15.2. The Morgan fingerprint density at radius 2 is 1.83 bits per heavy atom. The van der Waals surface area contributed by atoms with Crippen molar-refractivity contribution >= 4 is 16.7 Å². The van der Waals surface area contributed by atoms with Gasteiger partial charge in [0.1, 0.15) is 0 Å². The van der Waals surface area contributed by atoms with Crippen molar-refractivity contribution < 1.29 is 9.18 Å². The molecule has 0 spiro atoms. The minimum atomic E-state index is -0.777. The average Bonchev–Trinajstić information content (AvgIpc) is 2.80. The molecule has 3 rings (SSSR count). The molecule has 1 aliphatic rings. The second-order valence-corrected chi connectivity index (χ2v) is 8.42. The molecule has 1 aromatic heterocycles. The maximum atomic E-state index is 13.2. The monoisotopic (exact) mass is 329 g/mol. The average molecular weight is 329 g/mol. The van der Waals surface area contributed by atoms with Gasteiger partial charge in [0.2, 0.25) is 0 Å². The molecule has 3 heteroatoms. The van der Waals surface area contributed by atoms with Crippen molar-refractivity contribution in [3.8, 4) is 0 Å². The summed E-state index contributed by atoms with van der Waals surface area (Å²) in [6.07, 6.45) is 2.55. The van der Waals surface area contributed by atoms with Gasteiger partial charge in [-0.05, 0) is 36.7 Å². The molecule has 0 saturated heterocycles. The number of aromatic nitrogens is 1. The minimum absolute atomic E-state index is 0.0386. The van der Waals surface area contributed by atoms with Crippen molar-refractivity contribution in [1.82, 2.24) is 4.57 Å². The predicted octanol–water partition coefficient (Wildman–Crippen LogP) is 5.64. The molecule has 0 aliphatic heterocycles. The number of hydrogen-bond donors (Lipinski definition) is 0. The van der Waals surface area contributed by atoms with Crippen molar-refractivity contribution in [3.05, 3.63) is 36.0 Å². The van der Waals surface area contributed by atoms with Gasteiger partial charge in [0.25, 0.3) is 0 Å². The number of rotatable bonds is 6. The summed E-state index contributed by atoms with van der Waals surface area (Å²) in [4.78, 5) is 13.2. The maximum absolute atomic E-state index is 13.2. The van der Waals surface area contributed by atoms with Crippen molar-refractivity contribution in [1.29, 1.82) is 0 Å². The highest BCUT2D eigenvalue weighted by Gasteiger charge is 2.68. The minimum Gasteiger partial charge on any atom is -0.347 e. The summed E-state index contributed by atoms with van der Waals surface area (Å²) in [5.41, 5.74) is 1.97. The number of Topliss-reactive ketones (excluding diaryl/α,β-unsaturated/α-hetero) is 1. The predicted molar refractivity (Wildman–Crippen MR) is 97.1 cm³/mol. The SMILES string of the molecule is C[C@@H](F)CCCn1cc(C(=O)C2C(C)(C)C2(C)C)c2ccccc21. The van der Waals surface area contributed by atoms with Gasteiger partial charge in [-0.25, -0.2) is 4.39 Å². The van der Waals surface area contributed by atoms with Crippen LogP contribution in [0.5, 0.6) is 0 Å². The Labute approximate surface area is 144 Å². The summed E-state index contributed by atoms with van der Waals surface area (Å²) in [6, 6.07) is 8.06. The number of para-hydroxylation sites is 1. The summed E-state index contributed by atoms with van der Waals surface area (Å²) in [7, 11) is 0. The van der Waals surface area contributed by atoms with Crippen LogP contribution in [0.3, 0.4) is 0 Å². The van der Waals surface area contributed by atoms with E-state index in [9.17, 15) is 9.18 Å². The first kappa shape index (κ1) is 17.2. The van der Waals surface area contributed by atoms with E-state index in [2.05, 4.69) is 32.3 Å². The van der Waals surface area contributed by atoms with E-state index in [1.807, 2.05) is 30.5 Å². The van der Waals surface area contributed by atoms with Gasteiger partial charge < -0.3 is 4.57 Å². The molecule has 1 atom stereocenters. The van der Waals surface area contributed by atoms with Gasteiger partial charge in [0.05, 0.1) is 6.17 Å². The standard InChI is InChI=1S/C21H28FNO/c1-14(22)9-8-12-23-13-16(15-10-6-7-11-17(15)23)18(24)19-20(2,3)21(19,4)5/h6-7,10-11,13-14,19H,8-9,12H2,1-5H3/t14-/m1/s1. The van der Waals surface area contributed by atoms with E-state index in [-0.39, 0.29) is 22.5 Å². The molecule has 130 valence electrons. The highest BCUT2D eigenvalue weighted by molar-refractivity contribution is 6.11. The van der Waals surface area contributed by atoms with Gasteiger partial charge in [0.15, 0.2) is 5.78 Å². The third-order valence-electron chi connectivity index (χ3n) is 6.34. The van der Waals surface area contributed by atoms with Gasteiger partial charge in [-0.1, -0.05) is 45.9 Å². The van der Waals surface area contributed by atoms with Crippen molar-refractivity contribution in [3.63, 3.8) is 0 Å². The third kappa shape index (κ3) is 2.58. The van der Waals surface area contributed by atoms with Crippen LogP contribution in [0.15, 0.2) is 30.5 Å². The molecule has 1 aliphatic carbocycles. The van der Waals surface area contributed by atoms with Gasteiger partial charge in [-0.15, -0.1) is 0 Å². The van der Waals surface area contributed by atoms with Crippen LogP contribution in [-0.4, -0.2) is 16.5 Å². The third-order valence-corrected chi connectivity index (χ3v) is 6.34. The van der Waals surface area contributed by atoms with Crippen LogP contribution >= 0.6 is 0 Å². The van der Waals surface area contributed by atoms with Crippen molar-refractivity contribution in [2.24, 2.45) is 16.7 Å². The van der Waals surface area contributed by atoms with Gasteiger partial charge in [0, 0.05) is 35.1 Å².